The Morgan fingerprint density at radius 1 is 1.35 bits per heavy atom. The van der Waals surface area contributed by atoms with Crippen molar-refractivity contribution in [2.24, 2.45) is 0 Å². The SMILES string of the molecule is Cc1nc(C)n(CC(=O)Nc2nc(-c3ccc4c(c3)CCCO4)cs2)n1. The van der Waals surface area contributed by atoms with E-state index in [1.807, 2.05) is 24.4 Å². The molecule has 0 saturated heterocycles. The van der Waals surface area contributed by atoms with Crippen LogP contribution in [0.4, 0.5) is 5.13 Å². The van der Waals surface area contributed by atoms with Gasteiger partial charge in [0.15, 0.2) is 5.13 Å². The Hall–Kier alpha value is -2.74. The molecule has 2 aromatic heterocycles. The van der Waals surface area contributed by atoms with E-state index in [1.54, 1.807) is 11.6 Å². The zero-order valence-corrected chi connectivity index (χ0v) is 15.5. The summed E-state index contributed by atoms with van der Waals surface area (Å²) in [5.74, 6) is 2.16. The molecule has 4 rings (SSSR count). The molecule has 0 bridgehead atoms. The minimum atomic E-state index is -0.169. The lowest BCUT2D eigenvalue weighted by molar-refractivity contribution is -0.116. The molecule has 1 aliphatic rings. The van der Waals surface area contributed by atoms with Gasteiger partial charge in [-0.15, -0.1) is 11.3 Å². The highest BCUT2D eigenvalue weighted by Gasteiger charge is 2.14. The Balaban J connectivity index is 1.46. The number of carbonyl (C=O) groups excluding carboxylic acids is 1. The predicted octanol–water partition coefficient (Wildman–Crippen LogP) is 2.98. The van der Waals surface area contributed by atoms with Crippen LogP contribution in [0, 0.1) is 13.8 Å². The monoisotopic (exact) mass is 369 g/mol. The van der Waals surface area contributed by atoms with Crippen LogP contribution in [-0.4, -0.2) is 32.3 Å². The van der Waals surface area contributed by atoms with Gasteiger partial charge in [-0.05, 0) is 50.5 Å². The Bertz CT molecular complexity index is 962. The summed E-state index contributed by atoms with van der Waals surface area (Å²) >= 11 is 1.41. The molecule has 0 aliphatic carbocycles. The number of nitrogens with zero attached hydrogens (tertiary/aromatic N) is 4. The zero-order valence-electron chi connectivity index (χ0n) is 14.7. The van der Waals surface area contributed by atoms with Crippen molar-refractivity contribution in [2.75, 3.05) is 11.9 Å². The van der Waals surface area contributed by atoms with Crippen LogP contribution in [-0.2, 0) is 17.8 Å². The van der Waals surface area contributed by atoms with E-state index >= 15 is 0 Å². The van der Waals surface area contributed by atoms with Gasteiger partial charge in [0, 0.05) is 10.9 Å². The fraction of sp³-hybridized carbons (Fsp3) is 0.333. The Kier molecular flexibility index (Phi) is 4.42. The van der Waals surface area contributed by atoms with Gasteiger partial charge in [0.2, 0.25) is 5.91 Å². The summed E-state index contributed by atoms with van der Waals surface area (Å²) in [6.45, 7) is 4.54. The summed E-state index contributed by atoms with van der Waals surface area (Å²) < 4.78 is 7.24. The topological polar surface area (TPSA) is 81.9 Å². The molecular weight excluding hydrogens is 350 g/mol. The summed E-state index contributed by atoms with van der Waals surface area (Å²) in [7, 11) is 0. The molecular formula is C18H19N5O2S. The maximum absolute atomic E-state index is 12.2. The van der Waals surface area contributed by atoms with Gasteiger partial charge in [-0.2, -0.15) is 5.10 Å². The molecule has 0 saturated carbocycles. The maximum atomic E-state index is 12.2. The van der Waals surface area contributed by atoms with Gasteiger partial charge >= 0.3 is 0 Å². The number of hydrogen-bond donors (Lipinski definition) is 1. The van der Waals surface area contributed by atoms with Gasteiger partial charge in [-0.3, -0.25) is 4.79 Å². The maximum Gasteiger partial charge on any atom is 0.247 e. The van der Waals surface area contributed by atoms with Crippen LogP contribution < -0.4 is 10.1 Å². The summed E-state index contributed by atoms with van der Waals surface area (Å²) in [6, 6.07) is 6.13. The van der Waals surface area contributed by atoms with E-state index in [9.17, 15) is 4.79 Å². The molecule has 0 atom stereocenters. The first kappa shape index (κ1) is 16.7. The lowest BCUT2D eigenvalue weighted by Gasteiger charge is -2.17. The lowest BCUT2D eigenvalue weighted by atomic mass is 10.0. The van der Waals surface area contributed by atoms with Crippen LogP contribution in [0.5, 0.6) is 5.75 Å². The van der Waals surface area contributed by atoms with Crippen LogP contribution in [0.1, 0.15) is 23.6 Å². The van der Waals surface area contributed by atoms with E-state index in [1.165, 1.54) is 16.9 Å². The summed E-state index contributed by atoms with van der Waals surface area (Å²) in [5, 5.41) is 9.56. The first-order valence-electron chi connectivity index (χ1n) is 8.48. The van der Waals surface area contributed by atoms with Gasteiger partial charge in [0.05, 0.1) is 12.3 Å². The van der Waals surface area contributed by atoms with Gasteiger partial charge in [-0.25, -0.2) is 14.6 Å². The number of carbonyl (C=O) groups is 1. The van der Waals surface area contributed by atoms with E-state index in [-0.39, 0.29) is 12.5 Å². The number of thiazole rings is 1. The molecule has 0 spiro atoms. The number of ether oxygens (including phenoxy) is 1. The smallest absolute Gasteiger partial charge is 0.247 e. The molecule has 1 aliphatic heterocycles. The fourth-order valence-electron chi connectivity index (χ4n) is 2.99. The van der Waals surface area contributed by atoms with Gasteiger partial charge in [0.25, 0.3) is 0 Å². The molecule has 3 aromatic rings. The number of nitrogens with one attached hydrogen (secondary N) is 1. The number of anilines is 1. The van der Waals surface area contributed by atoms with Crippen molar-refractivity contribution in [3.05, 3.63) is 40.8 Å². The van der Waals surface area contributed by atoms with Gasteiger partial charge < -0.3 is 10.1 Å². The number of fused-ring (bicyclic) bond motifs is 1. The fourth-order valence-corrected chi connectivity index (χ4v) is 3.73. The Morgan fingerprint density at radius 2 is 2.23 bits per heavy atom. The van der Waals surface area contributed by atoms with E-state index in [2.05, 4.69) is 26.4 Å². The first-order valence-corrected chi connectivity index (χ1v) is 9.36. The van der Waals surface area contributed by atoms with E-state index in [0.29, 0.717) is 16.8 Å². The molecule has 7 nitrogen and oxygen atoms in total. The van der Waals surface area contributed by atoms with Crippen LogP contribution in [0.15, 0.2) is 23.6 Å². The van der Waals surface area contributed by atoms with Crippen molar-refractivity contribution in [1.29, 1.82) is 0 Å². The average Bonchev–Trinajstić information content (AvgIpc) is 3.21. The van der Waals surface area contributed by atoms with Crippen molar-refractivity contribution < 1.29 is 9.53 Å². The minimum Gasteiger partial charge on any atom is -0.493 e. The molecule has 1 N–H and O–H groups in total. The second kappa shape index (κ2) is 6.87. The molecule has 3 heterocycles. The van der Waals surface area contributed by atoms with Crippen molar-refractivity contribution in [3.63, 3.8) is 0 Å². The second-order valence-corrected chi connectivity index (χ2v) is 7.08. The largest absolute Gasteiger partial charge is 0.493 e. The predicted molar refractivity (Wildman–Crippen MR) is 99.5 cm³/mol. The Morgan fingerprint density at radius 3 is 3.04 bits per heavy atom. The normalized spacial score (nSPS) is 13.2. The third-order valence-corrected chi connectivity index (χ3v) is 4.97. The molecule has 26 heavy (non-hydrogen) atoms. The second-order valence-electron chi connectivity index (χ2n) is 6.22. The quantitative estimate of drug-likeness (QED) is 0.764. The number of aromatic nitrogens is 4. The molecule has 0 fully saturated rings. The highest BCUT2D eigenvalue weighted by molar-refractivity contribution is 7.14. The van der Waals surface area contributed by atoms with E-state index in [0.717, 1.165) is 36.5 Å². The summed E-state index contributed by atoms with van der Waals surface area (Å²) in [4.78, 5) is 21.0. The number of hydrogen-bond acceptors (Lipinski definition) is 6. The minimum absolute atomic E-state index is 0.123. The zero-order chi connectivity index (χ0) is 18.1. The lowest BCUT2D eigenvalue weighted by Crippen LogP contribution is -2.20. The van der Waals surface area contributed by atoms with Crippen molar-refractivity contribution >= 4 is 22.4 Å². The van der Waals surface area contributed by atoms with E-state index < -0.39 is 0 Å². The van der Waals surface area contributed by atoms with Crippen LogP contribution in [0.25, 0.3) is 11.3 Å². The Labute approximate surface area is 155 Å². The van der Waals surface area contributed by atoms with Crippen LogP contribution >= 0.6 is 11.3 Å². The standard InChI is InChI=1S/C18H19N5O2S/c1-11-19-12(2)23(22-11)9-17(24)21-18-20-15(10-26-18)13-5-6-16-14(8-13)4-3-7-25-16/h5-6,8,10H,3-4,7,9H2,1-2H3,(H,20,21,24). The molecule has 8 heteroatoms. The highest BCUT2D eigenvalue weighted by Crippen LogP contribution is 2.31. The van der Waals surface area contributed by atoms with Crippen LogP contribution in [0.2, 0.25) is 0 Å². The van der Waals surface area contributed by atoms with E-state index in [4.69, 9.17) is 4.74 Å². The van der Waals surface area contributed by atoms with Crippen molar-refractivity contribution in [2.45, 2.75) is 33.2 Å². The number of amides is 1. The average molecular weight is 369 g/mol. The highest BCUT2D eigenvalue weighted by atomic mass is 32.1. The summed E-state index contributed by atoms with van der Waals surface area (Å²) in [5.41, 5.74) is 3.10. The number of benzene rings is 1. The number of aryl methyl sites for hydroxylation is 3. The van der Waals surface area contributed by atoms with Crippen molar-refractivity contribution in [1.82, 2.24) is 19.7 Å². The molecule has 0 radical (unpaired) electrons. The third-order valence-electron chi connectivity index (χ3n) is 4.21. The molecule has 134 valence electrons. The molecule has 1 amide bonds. The van der Waals surface area contributed by atoms with Crippen LogP contribution in [0.3, 0.4) is 0 Å². The van der Waals surface area contributed by atoms with Crippen molar-refractivity contribution in [3.8, 4) is 17.0 Å². The number of rotatable bonds is 4. The summed E-state index contributed by atoms with van der Waals surface area (Å²) in [6.07, 6.45) is 2.06. The first-order chi connectivity index (χ1) is 12.6. The van der Waals surface area contributed by atoms with Gasteiger partial charge in [0.1, 0.15) is 23.9 Å². The third kappa shape index (κ3) is 3.45. The van der Waals surface area contributed by atoms with Gasteiger partial charge in [-0.1, -0.05) is 0 Å². The molecule has 1 aromatic carbocycles. The molecule has 0 unspecified atom stereocenters.